The highest BCUT2D eigenvalue weighted by atomic mass is 16.3. The first-order chi connectivity index (χ1) is 8.99. The second-order valence-corrected chi connectivity index (χ2v) is 4.52. The molecule has 0 aromatic heterocycles. The van der Waals surface area contributed by atoms with Gasteiger partial charge in [0.2, 0.25) is 5.75 Å². The van der Waals surface area contributed by atoms with E-state index in [4.69, 9.17) is 0 Å². The first kappa shape index (κ1) is 11.4. The summed E-state index contributed by atoms with van der Waals surface area (Å²) in [7, 11) is 0. The van der Waals surface area contributed by atoms with Crippen molar-refractivity contribution in [3.8, 4) is 28.5 Å². The van der Waals surface area contributed by atoms with E-state index in [1.807, 2.05) is 25.1 Å². The van der Waals surface area contributed by atoms with Crippen LogP contribution in [0.1, 0.15) is 5.56 Å². The first-order valence-electron chi connectivity index (χ1n) is 5.69. The smallest absolute Gasteiger partial charge is 0.267 e. The van der Waals surface area contributed by atoms with Crippen molar-refractivity contribution in [3.63, 3.8) is 0 Å². The largest absolute Gasteiger partial charge is 0.504 e. The fraction of sp³-hybridized carbons (Fsp3) is 0.0714. The fourth-order valence-electron chi connectivity index (χ4n) is 2.17. The van der Waals surface area contributed by atoms with Crippen LogP contribution in [0.2, 0.25) is 0 Å². The van der Waals surface area contributed by atoms with E-state index in [-0.39, 0.29) is 11.3 Å². The molecule has 96 valence electrons. The number of nitrogens with one attached hydrogen (secondary N) is 1. The molecule has 0 amide bonds. The van der Waals surface area contributed by atoms with Gasteiger partial charge in [-0.1, -0.05) is 12.1 Å². The summed E-state index contributed by atoms with van der Waals surface area (Å²) >= 11 is 0. The summed E-state index contributed by atoms with van der Waals surface area (Å²) in [4.78, 5) is 14.4. The van der Waals surface area contributed by atoms with Gasteiger partial charge in [0.05, 0.1) is 5.69 Å². The third-order valence-electron chi connectivity index (χ3n) is 3.18. The number of hydrogen-bond acceptors (Lipinski definition) is 4. The van der Waals surface area contributed by atoms with Gasteiger partial charge in [-0.2, -0.15) is 0 Å². The van der Waals surface area contributed by atoms with E-state index in [9.17, 15) is 20.1 Å². The Kier molecular flexibility index (Phi) is 2.19. The molecule has 0 spiro atoms. The zero-order valence-corrected chi connectivity index (χ0v) is 10.1. The summed E-state index contributed by atoms with van der Waals surface area (Å²) < 4.78 is 0. The zero-order chi connectivity index (χ0) is 13.7. The normalized spacial score (nSPS) is 11.2. The maximum atomic E-state index is 11.5. The molecule has 0 unspecified atom stereocenters. The maximum absolute atomic E-state index is 11.5. The molecule has 19 heavy (non-hydrogen) atoms. The summed E-state index contributed by atoms with van der Waals surface area (Å²) in [6.45, 7) is 1.92. The number of aromatic hydroxyl groups is 3. The molecule has 0 fully saturated rings. The highest BCUT2D eigenvalue weighted by Gasteiger charge is 2.22. The average molecular weight is 257 g/mol. The van der Waals surface area contributed by atoms with Crippen LogP contribution in [-0.4, -0.2) is 20.3 Å². The number of hydrogen-bond donors (Lipinski definition) is 4. The van der Waals surface area contributed by atoms with E-state index in [2.05, 4.69) is 4.98 Å². The van der Waals surface area contributed by atoms with Gasteiger partial charge in [-0.05, 0) is 30.0 Å². The van der Waals surface area contributed by atoms with Crippen LogP contribution in [-0.2, 0) is 0 Å². The Morgan fingerprint density at radius 3 is 2.47 bits per heavy atom. The molecule has 1 aliphatic heterocycles. The van der Waals surface area contributed by atoms with Crippen LogP contribution < -0.4 is 5.43 Å². The highest BCUT2D eigenvalue weighted by Crippen LogP contribution is 2.40. The van der Waals surface area contributed by atoms with Gasteiger partial charge >= 0.3 is 0 Å². The van der Waals surface area contributed by atoms with Crippen molar-refractivity contribution >= 4 is 10.9 Å². The zero-order valence-electron chi connectivity index (χ0n) is 10.1. The quantitative estimate of drug-likeness (QED) is 0.282. The summed E-state index contributed by atoms with van der Waals surface area (Å²) in [6, 6.07) is 7.22. The number of aromatic amines is 1. The van der Waals surface area contributed by atoms with Crippen molar-refractivity contribution in [3.05, 3.63) is 40.1 Å². The lowest BCUT2D eigenvalue weighted by molar-refractivity contribution is 0.392. The number of rotatable bonds is 0. The van der Waals surface area contributed by atoms with Crippen LogP contribution in [0.4, 0.5) is 0 Å². The van der Waals surface area contributed by atoms with Crippen molar-refractivity contribution in [2.75, 3.05) is 0 Å². The predicted molar refractivity (Wildman–Crippen MR) is 70.9 cm³/mol. The van der Waals surface area contributed by atoms with Crippen molar-refractivity contribution in [1.82, 2.24) is 4.98 Å². The fourth-order valence-corrected chi connectivity index (χ4v) is 2.17. The van der Waals surface area contributed by atoms with E-state index >= 15 is 0 Å². The number of phenols is 3. The Bertz CT molecular complexity index is 835. The topological polar surface area (TPSA) is 93.6 Å². The third-order valence-corrected chi connectivity index (χ3v) is 3.18. The van der Waals surface area contributed by atoms with Gasteiger partial charge in [0.15, 0.2) is 11.5 Å². The maximum Gasteiger partial charge on any atom is 0.267 e. The summed E-state index contributed by atoms with van der Waals surface area (Å²) in [5.41, 5.74) is 1.07. The molecule has 1 heterocycles. The van der Waals surface area contributed by atoms with E-state index in [1.54, 1.807) is 6.07 Å². The van der Waals surface area contributed by atoms with Crippen LogP contribution in [0.15, 0.2) is 29.1 Å². The standard InChI is InChI=1S/C14H11NO4/c1-6-2-3-7-5-8-10(15-9(7)4-6)12(17)14(19)13(18)11(8)16/h2-5,15-18H,1H3. The summed E-state index contributed by atoms with van der Waals surface area (Å²) in [5, 5.41) is 29.8. The first-order valence-corrected chi connectivity index (χ1v) is 5.69. The third kappa shape index (κ3) is 1.52. The van der Waals surface area contributed by atoms with E-state index < -0.39 is 22.7 Å². The van der Waals surface area contributed by atoms with E-state index in [0.717, 1.165) is 16.5 Å². The molecule has 0 bridgehead atoms. The van der Waals surface area contributed by atoms with Gasteiger partial charge in [0.1, 0.15) is 0 Å². The number of pyridine rings is 1. The highest BCUT2D eigenvalue weighted by molar-refractivity contribution is 5.90. The van der Waals surface area contributed by atoms with E-state index in [0.29, 0.717) is 0 Å². The molecule has 0 saturated heterocycles. The van der Waals surface area contributed by atoms with E-state index in [1.165, 1.54) is 0 Å². The van der Waals surface area contributed by atoms with Crippen LogP contribution >= 0.6 is 0 Å². The predicted octanol–water partition coefficient (Wildman–Crippen LogP) is 2.06. The molecule has 0 radical (unpaired) electrons. The Labute approximate surface area is 107 Å². The van der Waals surface area contributed by atoms with Gasteiger partial charge in [0.25, 0.3) is 5.43 Å². The number of benzene rings is 2. The molecule has 4 N–H and O–H groups in total. The molecule has 3 rings (SSSR count). The lowest BCUT2D eigenvalue weighted by Gasteiger charge is -2.13. The summed E-state index contributed by atoms with van der Waals surface area (Å²) in [6.07, 6.45) is 0. The van der Waals surface area contributed by atoms with Gasteiger partial charge in [-0.25, -0.2) is 0 Å². The molecular weight excluding hydrogens is 246 g/mol. The number of aryl methyl sites for hydroxylation is 1. The minimum absolute atomic E-state index is 0.110. The molecule has 0 saturated carbocycles. The average Bonchev–Trinajstić information content (AvgIpc) is 2.41. The molecule has 0 atom stereocenters. The number of aromatic nitrogens is 1. The van der Waals surface area contributed by atoms with Crippen molar-refractivity contribution in [1.29, 1.82) is 0 Å². The molecule has 2 aliphatic rings. The second kappa shape index (κ2) is 3.65. The monoisotopic (exact) mass is 257 g/mol. The number of fused-ring (bicyclic) bond motifs is 2. The number of H-pyrrole nitrogens is 1. The molecular formula is C14H11NO4. The Balaban J connectivity index is 2.55. The molecule has 1 aromatic rings. The van der Waals surface area contributed by atoms with Crippen molar-refractivity contribution < 1.29 is 15.3 Å². The van der Waals surface area contributed by atoms with Crippen molar-refractivity contribution in [2.45, 2.75) is 6.92 Å². The van der Waals surface area contributed by atoms with Crippen LogP contribution in [0.3, 0.4) is 0 Å². The minimum atomic E-state index is -0.992. The lowest BCUT2D eigenvalue weighted by atomic mass is 10.0. The van der Waals surface area contributed by atoms with Gasteiger partial charge in [-0.15, -0.1) is 0 Å². The van der Waals surface area contributed by atoms with Crippen LogP contribution in [0.5, 0.6) is 17.2 Å². The molecule has 5 nitrogen and oxygen atoms in total. The molecule has 5 heteroatoms. The SMILES string of the molecule is Cc1ccc2cc3c(O)c(O)c(=O)c(O)c-3[nH]c2c1. The Morgan fingerprint density at radius 1 is 1.00 bits per heavy atom. The van der Waals surface area contributed by atoms with Crippen molar-refractivity contribution in [2.24, 2.45) is 0 Å². The van der Waals surface area contributed by atoms with Gasteiger partial charge < -0.3 is 20.3 Å². The molecule has 1 aromatic carbocycles. The van der Waals surface area contributed by atoms with Gasteiger partial charge in [-0.3, -0.25) is 4.79 Å². The molecule has 1 aliphatic carbocycles. The second-order valence-electron chi connectivity index (χ2n) is 4.52. The summed E-state index contributed by atoms with van der Waals surface area (Å²) in [5.74, 6) is -1.98. The number of phenolic OH excluding ortho intramolecular Hbond substituents is 3. The van der Waals surface area contributed by atoms with Crippen LogP contribution in [0.25, 0.3) is 22.2 Å². The van der Waals surface area contributed by atoms with Gasteiger partial charge in [0, 0.05) is 11.1 Å². The Morgan fingerprint density at radius 2 is 1.74 bits per heavy atom. The van der Waals surface area contributed by atoms with Crippen LogP contribution in [0, 0.1) is 6.92 Å². The minimum Gasteiger partial charge on any atom is -0.504 e. The lowest BCUT2D eigenvalue weighted by Crippen LogP contribution is -2.04. The Hall–Kier alpha value is -2.69.